The van der Waals surface area contributed by atoms with E-state index in [4.69, 9.17) is 21.4 Å². The number of aliphatic carboxylic acids is 1. The highest BCUT2D eigenvalue weighted by Crippen LogP contribution is 2.23. The summed E-state index contributed by atoms with van der Waals surface area (Å²) in [6.07, 6.45) is -0.0905. The second kappa shape index (κ2) is 7.31. The summed E-state index contributed by atoms with van der Waals surface area (Å²) in [4.78, 5) is 24.6. The Morgan fingerprint density at radius 2 is 2.05 bits per heavy atom. The lowest BCUT2D eigenvalue weighted by atomic mass is 10.1. The smallest absolute Gasteiger partial charge is 0.305 e. The van der Waals surface area contributed by atoms with Gasteiger partial charge in [-0.25, -0.2) is 0 Å². The van der Waals surface area contributed by atoms with E-state index in [1.165, 1.54) is 4.90 Å². The molecule has 1 N–H and O–H groups in total. The van der Waals surface area contributed by atoms with E-state index in [9.17, 15) is 9.59 Å². The van der Waals surface area contributed by atoms with E-state index in [2.05, 4.69) is 0 Å². The minimum atomic E-state index is -1.10. The number of likely N-dealkylation sites (N-methyl/N-ethyl adjacent to an activating group) is 1. The molecule has 0 aromatic heterocycles. The summed E-state index contributed by atoms with van der Waals surface area (Å²) in [7, 11) is 0. The summed E-state index contributed by atoms with van der Waals surface area (Å²) >= 11 is 5.89. The predicted molar refractivity (Wildman–Crippen MR) is 80.7 cm³/mol. The summed E-state index contributed by atoms with van der Waals surface area (Å²) in [5.74, 6) is -0.698. The third-order valence-electron chi connectivity index (χ3n) is 2.95. The fourth-order valence-corrected chi connectivity index (χ4v) is 2.06. The molecule has 21 heavy (non-hydrogen) atoms. The maximum atomic E-state index is 12.5. The van der Waals surface area contributed by atoms with Crippen molar-refractivity contribution in [3.05, 3.63) is 29.3 Å². The van der Waals surface area contributed by atoms with Crippen LogP contribution in [-0.2, 0) is 9.59 Å². The summed E-state index contributed by atoms with van der Waals surface area (Å²) in [6, 6.07) is 6.80. The standard InChI is InChI=1S/C15H20ClNO4/c1-4-17(9-8-13(18)19)14(20)15(2,3)21-12-7-5-6-11(16)10-12/h5-7,10H,4,8-9H2,1-3H3,(H,18,19). The van der Waals surface area contributed by atoms with E-state index in [-0.39, 0.29) is 18.9 Å². The van der Waals surface area contributed by atoms with Crippen LogP contribution in [0.4, 0.5) is 0 Å². The molecule has 5 nitrogen and oxygen atoms in total. The maximum Gasteiger partial charge on any atom is 0.305 e. The lowest BCUT2D eigenvalue weighted by molar-refractivity contribution is -0.146. The summed E-state index contributed by atoms with van der Waals surface area (Å²) in [5.41, 5.74) is -1.10. The van der Waals surface area contributed by atoms with Crippen molar-refractivity contribution in [2.75, 3.05) is 13.1 Å². The number of carbonyl (C=O) groups excluding carboxylic acids is 1. The molecular weight excluding hydrogens is 294 g/mol. The Labute approximate surface area is 129 Å². The number of hydrogen-bond donors (Lipinski definition) is 1. The first-order chi connectivity index (χ1) is 9.76. The molecule has 0 fully saturated rings. The number of ether oxygens (including phenoxy) is 1. The van der Waals surface area contributed by atoms with E-state index in [0.29, 0.717) is 17.3 Å². The van der Waals surface area contributed by atoms with Gasteiger partial charge in [0.2, 0.25) is 0 Å². The van der Waals surface area contributed by atoms with Crippen LogP contribution in [0.2, 0.25) is 5.02 Å². The van der Waals surface area contributed by atoms with Gasteiger partial charge in [0.1, 0.15) is 5.75 Å². The van der Waals surface area contributed by atoms with E-state index < -0.39 is 11.6 Å². The molecule has 0 saturated carbocycles. The Kier molecular flexibility index (Phi) is 6.03. The fraction of sp³-hybridized carbons (Fsp3) is 0.467. The molecule has 0 aliphatic heterocycles. The third-order valence-corrected chi connectivity index (χ3v) is 3.18. The maximum absolute atomic E-state index is 12.5. The van der Waals surface area contributed by atoms with Crippen LogP contribution >= 0.6 is 11.6 Å². The van der Waals surface area contributed by atoms with Crippen molar-refractivity contribution in [1.29, 1.82) is 0 Å². The van der Waals surface area contributed by atoms with E-state index >= 15 is 0 Å². The fourth-order valence-electron chi connectivity index (χ4n) is 1.88. The molecule has 1 rings (SSSR count). The number of rotatable bonds is 7. The minimum absolute atomic E-state index is 0.0905. The lowest BCUT2D eigenvalue weighted by Gasteiger charge is -2.31. The van der Waals surface area contributed by atoms with Gasteiger partial charge in [-0.2, -0.15) is 0 Å². The SMILES string of the molecule is CCN(CCC(=O)O)C(=O)C(C)(C)Oc1cccc(Cl)c1. The van der Waals surface area contributed by atoms with Crippen LogP contribution in [0.1, 0.15) is 27.2 Å². The van der Waals surface area contributed by atoms with Crippen LogP contribution in [0.3, 0.4) is 0 Å². The summed E-state index contributed by atoms with van der Waals surface area (Å²) in [5, 5.41) is 9.25. The zero-order valence-corrected chi connectivity index (χ0v) is 13.2. The van der Waals surface area contributed by atoms with Crippen molar-refractivity contribution in [3.8, 4) is 5.75 Å². The molecule has 0 unspecified atom stereocenters. The van der Waals surface area contributed by atoms with Gasteiger partial charge in [0.05, 0.1) is 6.42 Å². The Morgan fingerprint density at radius 3 is 2.57 bits per heavy atom. The average molecular weight is 314 g/mol. The summed E-state index contributed by atoms with van der Waals surface area (Å²) in [6.45, 7) is 5.69. The number of amides is 1. The van der Waals surface area contributed by atoms with E-state index in [0.717, 1.165) is 0 Å². The van der Waals surface area contributed by atoms with E-state index in [1.807, 2.05) is 0 Å². The molecule has 1 aromatic carbocycles. The van der Waals surface area contributed by atoms with Crippen molar-refractivity contribution in [2.45, 2.75) is 32.8 Å². The van der Waals surface area contributed by atoms with Crippen LogP contribution in [0.5, 0.6) is 5.75 Å². The Hall–Kier alpha value is -1.75. The van der Waals surface area contributed by atoms with Crippen LogP contribution in [0.15, 0.2) is 24.3 Å². The second-order valence-electron chi connectivity index (χ2n) is 5.10. The highest BCUT2D eigenvalue weighted by molar-refractivity contribution is 6.30. The van der Waals surface area contributed by atoms with Crippen molar-refractivity contribution in [3.63, 3.8) is 0 Å². The monoisotopic (exact) mass is 313 g/mol. The van der Waals surface area contributed by atoms with Gasteiger partial charge in [-0.15, -0.1) is 0 Å². The van der Waals surface area contributed by atoms with Gasteiger partial charge in [0, 0.05) is 18.1 Å². The van der Waals surface area contributed by atoms with Crippen LogP contribution in [0, 0.1) is 0 Å². The van der Waals surface area contributed by atoms with Crippen LogP contribution < -0.4 is 4.74 Å². The summed E-state index contributed by atoms with van der Waals surface area (Å²) < 4.78 is 5.71. The van der Waals surface area contributed by atoms with Crippen LogP contribution in [0.25, 0.3) is 0 Å². The molecule has 1 amide bonds. The molecule has 0 spiro atoms. The molecular formula is C15H20ClNO4. The number of benzene rings is 1. The van der Waals surface area contributed by atoms with E-state index in [1.54, 1.807) is 45.0 Å². The van der Waals surface area contributed by atoms with Crippen molar-refractivity contribution < 1.29 is 19.4 Å². The predicted octanol–water partition coefficient (Wildman–Crippen LogP) is 2.82. The second-order valence-corrected chi connectivity index (χ2v) is 5.53. The molecule has 1 aromatic rings. The molecule has 116 valence electrons. The highest BCUT2D eigenvalue weighted by Gasteiger charge is 2.33. The quantitative estimate of drug-likeness (QED) is 0.840. The van der Waals surface area contributed by atoms with Gasteiger partial charge < -0.3 is 14.7 Å². The normalized spacial score (nSPS) is 11.0. The van der Waals surface area contributed by atoms with Crippen molar-refractivity contribution in [2.24, 2.45) is 0 Å². The molecule has 0 aliphatic rings. The minimum Gasteiger partial charge on any atom is -0.481 e. The number of halogens is 1. The first-order valence-corrected chi connectivity index (χ1v) is 7.10. The van der Waals surface area contributed by atoms with Gasteiger partial charge >= 0.3 is 5.97 Å². The molecule has 0 atom stereocenters. The average Bonchev–Trinajstić information content (AvgIpc) is 2.38. The number of nitrogens with zero attached hydrogens (tertiary/aromatic N) is 1. The number of hydrogen-bond acceptors (Lipinski definition) is 3. The number of carboxylic acid groups (broad SMARTS) is 1. The zero-order chi connectivity index (χ0) is 16.0. The molecule has 0 aliphatic carbocycles. The number of carboxylic acids is 1. The topological polar surface area (TPSA) is 66.8 Å². The van der Waals surface area contributed by atoms with Gasteiger partial charge in [0.15, 0.2) is 5.60 Å². The van der Waals surface area contributed by atoms with Crippen LogP contribution in [-0.4, -0.2) is 40.6 Å². The Morgan fingerprint density at radius 1 is 1.38 bits per heavy atom. The van der Waals surface area contributed by atoms with Gasteiger partial charge in [-0.3, -0.25) is 9.59 Å². The van der Waals surface area contributed by atoms with Crippen molar-refractivity contribution >= 4 is 23.5 Å². The molecule has 6 heteroatoms. The molecule has 0 saturated heterocycles. The zero-order valence-electron chi connectivity index (χ0n) is 12.4. The number of carbonyl (C=O) groups is 2. The van der Waals surface area contributed by atoms with Gasteiger partial charge in [-0.05, 0) is 39.0 Å². The first-order valence-electron chi connectivity index (χ1n) is 6.72. The first kappa shape index (κ1) is 17.3. The Balaban J connectivity index is 2.79. The lowest BCUT2D eigenvalue weighted by Crippen LogP contribution is -2.49. The molecule has 0 radical (unpaired) electrons. The molecule has 0 heterocycles. The Bertz CT molecular complexity index is 516. The highest BCUT2D eigenvalue weighted by atomic mass is 35.5. The third kappa shape index (κ3) is 5.27. The molecule has 0 bridgehead atoms. The van der Waals surface area contributed by atoms with Gasteiger partial charge in [0.25, 0.3) is 5.91 Å². The largest absolute Gasteiger partial charge is 0.481 e. The van der Waals surface area contributed by atoms with Crippen molar-refractivity contribution in [1.82, 2.24) is 4.90 Å². The van der Waals surface area contributed by atoms with Gasteiger partial charge in [-0.1, -0.05) is 17.7 Å².